The van der Waals surface area contributed by atoms with E-state index in [4.69, 9.17) is 0 Å². The number of aryl methyl sites for hydroxylation is 4. The lowest BCUT2D eigenvalue weighted by Crippen LogP contribution is -2.14. The Bertz CT molecular complexity index is 1120. The zero-order valence-corrected chi connectivity index (χ0v) is 18.2. The van der Waals surface area contributed by atoms with E-state index in [1.807, 2.05) is 51.1 Å². The highest BCUT2D eigenvalue weighted by atomic mass is 32.2. The summed E-state index contributed by atoms with van der Waals surface area (Å²) < 4.78 is 27.7. The molecule has 30 heavy (non-hydrogen) atoms. The van der Waals surface area contributed by atoms with Crippen LogP contribution in [0.4, 0.5) is 11.4 Å². The maximum atomic E-state index is 12.6. The van der Waals surface area contributed by atoms with Gasteiger partial charge in [0.05, 0.1) is 4.90 Å². The number of benzene rings is 3. The van der Waals surface area contributed by atoms with Gasteiger partial charge >= 0.3 is 0 Å². The standard InChI is InChI=1S/C24H26N2O3S/c1-17-7-12-21(13-8-17)26-30(28,29)22-14-9-20(10-15-22)11-16-23(27)25-24-18(2)5-4-6-19(24)3/h4-10,12-15,26H,11,16H2,1-3H3,(H,25,27). The van der Waals surface area contributed by atoms with Crippen molar-refractivity contribution >= 4 is 27.3 Å². The fourth-order valence-corrected chi connectivity index (χ4v) is 4.20. The molecule has 3 aromatic rings. The number of carbonyl (C=O) groups is 1. The first kappa shape index (κ1) is 21.6. The number of amides is 1. The molecule has 1 amide bonds. The molecule has 0 aliphatic heterocycles. The minimum Gasteiger partial charge on any atom is -0.326 e. The van der Waals surface area contributed by atoms with Gasteiger partial charge in [-0.15, -0.1) is 0 Å². The average Bonchev–Trinajstić information content (AvgIpc) is 2.71. The fraction of sp³-hybridized carbons (Fsp3) is 0.208. The second-order valence-corrected chi connectivity index (χ2v) is 9.11. The predicted octanol–water partition coefficient (Wildman–Crippen LogP) is 4.98. The lowest BCUT2D eigenvalue weighted by molar-refractivity contribution is -0.116. The number of carbonyl (C=O) groups excluding carboxylic acids is 1. The van der Waals surface area contributed by atoms with Crippen molar-refractivity contribution in [1.29, 1.82) is 0 Å². The fourth-order valence-electron chi connectivity index (χ4n) is 3.14. The molecule has 2 N–H and O–H groups in total. The highest BCUT2D eigenvalue weighted by Crippen LogP contribution is 2.20. The summed E-state index contributed by atoms with van der Waals surface area (Å²) >= 11 is 0. The van der Waals surface area contributed by atoms with Crippen LogP contribution in [0, 0.1) is 20.8 Å². The summed E-state index contributed by atoms with van der Waals surface area (Å²) in [4.78, 5) is 12.5. The summed E-state index contributed by atoms with van der Waals surface area (Å²) in [5.74, 6) is -0.0647. The molecule has 0 heterocycles. The first-order valence-corrected chi connectivity index (χ1v) is 11.3. The summed E-state index contributed by atoms with van der Waals surface area (Å²) in [5, 5.41) is 2.97. The zero-order chi connectivity index (χ0) is 21.7. The summed E-state index contributed by atoms with van der Waals surface area (Å²) in [7, 11) is -3.65. The van der Waals surface area contributed by atoms with E-state index in [1.54, 1.807) is 36.4 Å². The highest BCUT2D eigenvalue weighted by molar-refractivity contribution is 7.92. The van der Waals surface area contributed by atoms with E-state index in [-0.39, 0.29) is 10.8 Å². The maximum absolute atomic E-state index is 12.6. The van der Waals surface area contributed by atoms with Gasteiger partial charge < -0.3 is 5.32 Å². The number of hydrogen-bond donors (Lipinski definition) is 2. The van der Waals surface area contributed by atoms with Gasteiger partial charge in [-0.25, -0.2) is 8.42 Å². The second kappa shape index (κ2) is 9.13. The molecule has 3 rings (SSSR count). The van der Waals surface area contributed by atoms with E-state index in [0.717, 1.165) is 27.9 Å². The van der Waals surface area contributed by atoms with Crippen LogP contribution in [0.25, 0.3) is 0 Å². The number of nitrogens with one attached hydrogen (secondary N) is 2. The molecule has 156 valence electrons. The Morgan fingerprint density at radius 1 is 0.833 bits per heavy atom. The summed E-state index contributed by atoms with van der Waals surface area (Å²) in [6, 6.07) is 19.7. The van der Waals surface area contributed by atoms with Crippen LogP contribution in [-0.2, 0) is 21.2 Å². The molecule has 0 saturated carbocycles. The van der Waals surface area contributed by atoms with Gasteiger partial charge in [-0.3, -0.25) is 9.52 Å². The molecule has 0 bridgehead atoms. The van der Waals surface area contributed by atoms with Crippen molar-refractivity contribution in [1.82, 2.24) is 0 Å². The quantitative estimate of drug-likeness (QED) is 0.564. The van der Waals surface area contributed by atoms with Gasteiger partial charge in [-0.1, -0.05) is 48.0 Å². The van der Waals surface area contributed by atoms with Gasteiger partial charge in [0, 0.05) is 17.8 Å². The Kier molecular flexibility index (Phi) is 6.57. The van der Waals surface area contributed by atoms with Crippen molar-refractivity contribution < 1.29 is 13.2 Å². The van der Waals surface area contributed by atoms with Gasteiger partial charge in [0.2, 0.25) is 5.91 Å². The number of rotatable bonds is 7. The van der Waals surface area contributed by atoms with Crippen molar-refractivity contribution in [3.8, 4) is 0 Å². The normalized spacial score (nSPS) is 11.2. The predicted molar refractivity (Wildman–Crippen MR) is 121 cm³/mol. The molecular formula is C24H26N2O3S. The van der Waals surface area contributed by atoms with Crippen molar-refractivity contribution in [2.24, 2.45) is 0 Å². The van der Waals surface area contributed by atoms with Crippen LogP contribution in [0.5, 0.6) is 0 Å². The number of anilines is 2. The number of sulfonamides is 1. The van der Waals surface area contributed by atoms with Crippen molar-refractivity contribution in [2.75, 3.05) is 10.0 Å². The van der Waals surface area contributed by atoms with E-state index in [9.17, 15) is 13.2 Å². The van der Waals surface area contributed by atoms with Gasteiger partial charge in [-0.05, 0) is 68.1 Å². The van der Waals surface area contributed by atoms with Crippen LogP contribution in [-0.4, -0.2) is 14.3 Å². The molecule has 5 nitrogen and oxygen atoms in total. The Hall–Kier alpha value is -3.12. The van der Waals surface area contributed by atoms with Crippen LogP contribution in [0.2, 0.25) is 0 Å². The summed E-state index contributed by atoms with van der Waals surface area (Å²) in [6.45, 7) is 5.87. The molecule has 0 fully saturated rings. The Balaban J connectivity index is 1.60. The summed E-state index contributed by atoms with van der Waals surface area (Å²) in [6.07, 6.45) is 0.851. The Labute approximate surface area is 178 Å². The Morgan fingerprint density at radius 2 is 1.43 bits per heavy atom. The average molecular weight is 423 g/mol. The number of hydrogen-bond acceptors (Lipinski definition) is 3. The van der Waals surface area contributed by atoms with E-state index in [2.05, 4.69) is 10.0 Å². The van der Waals surface area contributed by atoms with Crippen LogP contribution >= 0.6 is 0 Å². The van der Waals surface area contributed by atoms with E-state index < -0.39 is 10.0 Å². The van der Waals surface area contributed by atoms with Gasteiger partial charge in [0.1, 0.15) is 0 Å². The maximum Gasteiger partial charge on any atom is 0.261 e. The SMILES string of the molecule is Cc1ccc(NS(=O)(=O)c2ccc(CCC(=O)Nc3c(C)cccc3C)cc2)cc1. The molecule has 3 aromatic carbocycles. The number of para-hydroxylation sites is 1. The van der Waals surface area contributed by atoms with Crippen molar-refractivity contribution in [2.45, 2.75) is 38.5 Å². The van der Waals surface area contributed by atoms with E-state index in [1.165, 1.54) is 0 Å². The lowest BCUT2D eigenvalue weighted by atomic mass is 10.1. The molecule has 0 spiro atoms. The van der Waals surface area contributed by atoms with E-state index in [0.29, 0.717) is 18.5 Å². The molecule has 0 atom stereocenters. The molecule has 0 unspecified atom stereocenters. The largest absolute Gasteiger partial charge is 0.326 e. The first-order chi connectivity index (χ1) is 14.2. The van der Waals surface area contributed by atoms with Gasteiger partial charge in [-0.2, -0.15) is 0 Å². The van der Waals surface area contributed by atoms with Crippen LogP contribution in [0.3, 0.4) is 0 Å². The molecule has 0 saturated heterocycles. The highest BCUT2D eigenvalue weighted by Gasteiger charge is 2.14. The Morgan fingerprint density at radius 3 is 2.03 bits per heavy atom. The molecular weight excluding hydrogens is 396 g/mol. The molecule has 0 aliphatic carbocycles. The van der Waals surface area contributed by atoms with Gasteiger partial charge in [0.15, 0.2) is 0 Å². The molecule has 0 radical (unpaired) electrons. The van der Waals surface area contributed by atoms with Crippen LogP contribution < -0.4 is 10.0 Å². The molecule has 0 aliphatic rings. The third kappa shape index (κ3) is 5.48. The van der Waals surface area contributed by atoms with Crippen LogP contribution in [0.15, 0.2) is 71.6 Å². The first-order valence-electron chi connectivity index (χ1n) is 9.79. The molecule has 6 heteroatoms. The monoisotopic (exact) mass is 422 g/mol. The third-order valence-corrected chi connectivity index (χ3v) is 6.32. The van der Waals surface area contributed by atoms with E-state index >= 15 is 0 Å². The third-order valence-electron chi connectivity index (χ3n) is 4.92. The molecule has 0 aromatic heterocycles. The minimum atomic E-state index is -3.65. The van der Waals surface area contributed by atoms with Gasteiger partial charge in [0.25, 0.3) is 10.0 Å². The topological polar surface area (TPSA) is 75.3 Å². The summed E-state index contributed by atoms with van der Waals surface area (Å²) in [5.41, 5.74) is 5.39. The zero-order valence-electron chi connectivity index (χ0n) is 17.4. The second-order valence-electron chi connectivity index (χ2n) is 7.43. The lowest BCUT2D eigenvalue weighted by Gasteiger charge is -2.12. The van der Waals surface area contributed by atoms with Crippen molar-refractivity contribution in [3.63, 3.8) is 0 Å². The van der Waals surface area contributed by atoms with Crippen LogP contribution in [0.1, 0.15) is 28.7 Å². The van der Waals surface area contributed by atoms with Crippen molar-refractivity contribution in [3.05, 3.63) is 89.0 Å². The smallest absolute Gasteiger partial charge is 0.261 e. The minimum absolute atomic E-state index is 0.0647.